The Morgan fingerprint density at radius 2 is 2.00 bits per heavy atom. The molecule has 0 saturated heterocycles. The molecule has 2 N–H and O–H groups in total. The van der Waals surface area contributed by atoms with E-state index in [4.69, 9.17) is 10.2 Å². The Kier molecular flexibility index (Phi) is 2.94. The van der Waals surface area contributed by atoms with Crippen molar-refractivity contribution in [3.05, 3.63) is 42.2 Å². The normalized spacial score (nSPS) is 11.9. The predicted octanol–water partition coefficient (Wildman–Crippen LogP) is 2.62. The number of sulfone groups is 1. The number of hydrogen-bond acceptors (Lipinski definition) is 5. The third kappa shape index (κ3) is 2.36. The zero-order valence-corrected chi connectivity index (χ0v) is 11.8. The minimum absolute atomic E-state index is 0.0626. The molecule has 0 radical (unpaired) electrons. The Balaban J connectivity index is 2.20. The number of aromatic nitrogens is 1. The van der Waals surface area contributed by atoms with Crippen LogP contribution in [0.15, 0.2) is 45.7 Å². The predicted molar refractivity (Wildman–Crippen MR) is 76.9 cm³/mol. The van der Waals surface area contributed by atoms with E-state index >= 15 is 0 Å². The lowest BCUT2D eigenvalue weighted by Crippen LogP contribution is -1.96. The van der Waals surface area contributed by atoms with Crippen molar-refractivity contribution in [2.45, 2.75) is 4.90 Å². The molecule has 108 valence electrons. The van der Waals surface area contributed by atoms with Crippen LogP contribution < -0.4 is 5.73 Å². The first-order valence-corrected chi connectivity index (χ1v) is 7.90. The summed E-state index contributed by atoms with van der Waals surface area (Å²) < 4.78 is 42.0. The Hall–Kier alpha value is -2.41. The summed E-state index contributed by atoms with van der Waals surface area (Å²) in [6, 6.07) is 8.67. The first-order chi connectivity index (χ1) is 9.86. The molecule has 0 aliphatic heterocycles. The van der Waals surface area contributed by atoms with Gasteiger partial charge in [-0.15, -0.1) is 0 Å². The van der Waals surface area contributed by atoms with Gasteiger partial charge in [0.2, 0.25) is 5.89 Å². The van der Waals surface area contributed by atoms with Gasteiger partial charge in [-0.2, -0.15) is 0 Å². The second-order valence-electron chi connectivity index (χ2n) is 4.62. The lowest BCUT2D eigenvalue weighted by atomic mass is 10.2. The molecule has 0 aliphatic carbocycles. The molecule has 0 fully saturated rings. The van der Waals surface area contributed by atoms with Gasteiger partial charge in [-0.25, -0.2) is 17.8 Å². The zero-order chi connectivity index (χ0) is 15.2. The van der Waals surface area contributed by atoms with Crippen LogP contribution in [-0.2, 0) is 9.84 Å². The number of benzene rings is 2. The lowest BCUT2D eigenvalue weighted by Gasteiger charge is -2.01. The van der Waals surface area contributed by atoms with Gasteiger partial charge in [0.1, 0.15) is 11.3 Å². The van der Waals surface area contributed by atoms with E-state index in [0.717, 1.165) is 6.26 Å². The molecule has 3 rings (SSSR count). The van der Waals surface area contributed by atoms with Crippen LogP contribution in [0, 0.1) is 5.82 Å². The van der Waals surface area contributed by atoms with Gasteiger partial charge in [0, 0.05) is 6.26 Å². The van der Waals surface area contributed by atoms with Crippen molar-refractivity contribution in [3.8, 4) is 11.5 Å². The molecule has 0 amide bonds. The number of nitrogens with two attached hydrogens (primary N) is 1. The Bertz CT molecular complexity index is 948. The van der Waals surface area contributed by atoms with Crippen LogP contribution in [0.5, 0.6) is 0 Å². The minimum Gasteiger partial charge on any atom is -0.436 e. The van der Waals surface area contributed by atoms with Crippen LogP contribution in [0.2, 0.25) is 0 Å². The van der Waals surface area contributed by atoms with Crippen molar-refractivity contribution in [2.75, 3.05) is 12.0 Å². The summed E-state index contributed by atoms with van der Waals surface area (Å²) in [4.78, 5) is 4.32. The van der Waals surface area contributed by atoms with Crippen LogP contribution >= 0.6 is 0 Å². The summed E-state index contributed by atoms with van der Waals surface area (Å²) in [6.07, 6.45) is 1.11. The summed E-state index contributed by atoms with van der Waals surface area (Å²) in [5.41, 5.74) is 6.70. The van der Waals surface area contributed by atoms with Gasteiger partial charge in [-0.3, -0.25) is 0 Å². The molecule has 2 aromatic carbocycles. The number of nitrogens with zero attached hydrogens (tertiary/aromatic N) is 1. The number of oxazole rings is 1. The fourth-order valence-electron chi connectivity index (χ4n) is 1.98. The highest BCUT2D eigenvalue weighted by Gasteiger charge is 2.15. The van der Waals surface area contributed by atoms with Crippen molar-refractivity contribution >= 4 is 26.6 Å². The molecule has 21 heavy (non-hydrogen) atoms. The third-order valence-electron chi connectivity index (χ3n) is 3.07. The van der Waals surface area contributed by atoms with Crippen LogP contribution in [0.25, 0.3) is 22.6 Å². The average Bonchev–Trinajstić information content (AvgIpc) is 2.83. The standard InChI is InChI=1S/C14H11FN2O3S/c1-21(18,19)8-5-6-12-11(7-8)17-14(20-12)9-3-2-4-10(15)13(9)16/h2-7H,16H2,1H3. The van der Waals surface area contributed by atoms with Gasteiger partial charge < -0.3 is 10.2 Å². The summed E-state index contributed by atoms with van der Waals surface area (Å²) in [7, 11) is -3.33. The maximum absolute atomic E-state index is 13.5. The zero-order valence-electron chi connectivity index (χ0n) is 11.0. The number of halogens is 1. The molecule has 3 aromatic rings. The molecule has 1 aromatic heterocycles. The van der Waals surface area contributed by atoms with Crippen LogP contribution in [0.3, 0.4) is 0 Å². The van der Waals surface area contributed by atoms with Gasteiger partial charge in [-0.05, 0) is 30.3 Å². The molecule has 0 spiro atoms. The molecule has 0 bridgehead atoms. The highest BCUT2D eigenvalue weighted by Crippen LogP contribution is 2.30. The van der Waals surface area contributed by atoms with E-state index in [1.807, 2.05) is 0 Å². The monoisotopic (exact) mass is 306 g/mol. The number of anilines is 1. The SMILES string of the molecule is CS(=O)(=O)c1ccc2oc(-c3cccc(F)c3N)nc2c1. The topological polar surface area (TPSA) is 86.2 Å². The van der Waals surface area contributed by atoms with Crippen molar-refractivity contribution in [3.63, 3.8) is 0 Å². The number of nitrogen functional groups attached to an aromatic ring is 1. The highest BCUT2D eigenvalue weighted by atomic mass is 32.2. The van der Waals surface area contributed by atoms with Crippen LogP contribution in [0.1, 0.15) is 0 Å². The first-order valence-electron chi connectivity index (χ1n) is 6.01. The van der Waals surface area contributed by atoms with E-state index in [2.05, 4.69) is 4.98 Å². The van der Waals surface area contributed by atoms with Gasteiger partial charge in [0.15, 0.2) is 15.4 Å². The first kappa shape index (κ1) is 13.6. The summed E-state index contributed by atoms with van der Waals surface area (Å²) in [5.74, 6) is -0.417. The van der Waals surface area contributed by atoms with Crippen molar-refractivity contribution in [1.29, 1.82) is 0 Å². The summed E-state index contributed by atoms with van der Waals surface area (Å²) in [6.45, 7) is 0. The molecule has 5 nitrogen and oxygen atoms in total. The minimum atomic E-state index is -3.33. The molecule has 7 heteroatoms. The maximum atomic E-state index is 13.5. The number of rotatable bonds is 2. The fraction of sp³-hybridized carbons (Fsp3) is 0.0714. The van der Waals surface area contributed by atoms with E-state index < -0.39 is 15.7 Å². The molecular weight excluding hydrogens is 295 g/mol. The smallest absolute Gasteiger partial charge is 0.229 e. The third-order valence-corrected chi connectivity index (χ3v) is 4.18. The largest absolute Gasteiger partial charge is 0.436 e. The maximum Gasteiger partial charge on any atom is 0.229 e. The molecular formula is C14H11FN2O3S. The second-order valence-corrected chi connectivity index (χ2v) is 6.64. The molecule has 1 heterocycles. The second kappa shape index (κ2) is 4.56. The average molecular weight is 306 g/mol. The quantitative estimate of drug-likeness (QED) is 0.735. The van der Waals surface area contributed by atoms with Crippen molar-refractivity contribution in [2.24, 2.45) is 0 Å². The fourth-order valence-corrected chi connectivity index (χ4v) is 2.62. The van der Waals surface area contributed by atoms with E-state index in [1.54, 1.807) is 6.07 Å². The molecule has 0 saturated carbocycles. The lowest BCUT2D eigenvalue weighted by molar-refractivity contribution is 0.602. The van der Waals surface area contributed by atoms with E-state index in [-0.39, 0.29) is 16.5 Å². The number of para-hydroxylation sites is 1. The molecule has 0 atom stereocenters. The molecule has 0 aliphatic rings. The van der Waals surface area contributed by atoms with Gasteiger partial charge >= 0.3 is 0 Å². The van der Waals surface area contributed by atoms with Crippen molar-refractivity contribution < 1.29 is 17.2 Å². The summed E-state index contributed by atoms with van der Waals surface area (Å²) in [5, 5.41) is 0. The Morgan fingerprint density at radius 1 is 1.24 bits per heavy atom. The molecule has 0 unspecified atom stereocenters. The van der Waals surface area contributed by atoms with E-state index in [1.165, 1.54) is 30.3 Å². The van der Waals surface area contributed by atoms with E-state index in [0.29, 0.717) is 16.7 Å². The van der Waals surface area contributed by atoms with Gasteiger partial charge in [0.25, 0.3) is 0 Å². The Morgan fingerprint density at radius 3 is 2.71 bits per heavy atom. The number of hydrogen-bond donors (Lipinski definition) is 1. The van der Waals surface area contributed by atoms with Gasteiger partial charge in [0.05, 0.1) is 16.1 Å². The summed E-state index contributed by atoms with van der Waals surface area (Å²) >= 11 is 0. The van der Waals surface area contributed by atoms with Crippen molar-refractivity contribution in [1.82, 2.24) is 4.98 Å². The number of fused-ring (bicyclic) bond motifs is 1. The van der Waals surface area contributed by atoms with E-state index in [9.17, 15) is 12.8 Å². The highest BCUT2D eigenvalue weighted by molar-refractivity contribution is 7.90. The van der Waals surface area contributed by atoms with Crippen LogP contribution in [-0.4, -0.2) is 19.7 Å². The van der Waals surface area contributed by atoms with Gasteiger partial charge in [-0.1, -0.05) is 6.07 Å². The Labute approximate surface area is 120 Å². The van der Waals surface area contributed by atoms with Crippen LogP contribution in [0.4, 0.5) is 10.1 Å².